The Kier molecular flexibility index (Phi) is 2.20. The predicted molar refractivity (Wildman–Crippen MR) is 61.4 cm³/mol. The van der Waals surface area contributed by atoms with Gasteiger partial charge in [0.1, 0.15) is 10.8 Å². The lowest BCUT2D eigenvalue weighted by molar-refractivity contribution is -0.111. The third kappa shape index (κ3) is 1.53. The molecule has 0 atom stereocenters. The Balaban J connectivity index is 2.37. The van der Waals surface area contributed by atoms with Crippen LogP contribution in [0.3, 0.4) is 0 Å². The van der Waals surface area contributed by atoms with E-state index < -0.39 is 32.8 Å². The first-order valence-corrected chi connectivity index (χ1v) is 6.52. The number of ketones is 2. The molecule has 3 rings (SSSR count). The normalized spacial score (nSPS) is 19.6. The second kappa shape index (κ2) is 3.49. The summed E-state index contributed by atoms with van der Waals surface area (Å²) in [7, 11) is -4.28. The van der Waals surface area contributed by atoms with Gasteiger partial charge in [0.05, 0.1) is 5.56 Å². The minimum Gasteiger partial charge on any atom is -0.505 e. The molecule has 19 heavy (non-hydrogen) atoms. The Morgan fingerprint density at radius 2 is 1.79 bits per heavy atom. The largest absolute Gasteiger partial charge is 0.505 e. The smallest absolute Gasteiger partial charge is 0.501 e. The number of fused-ring (bicyclic) bond motifs is 3. The van der Waals surface area contributed by atoms with Crippen LogP contribution in [-0.2, 0) is 15.2 Å². The van der Waals surface area contributed by atoms with Gasteiger partial charge in [0.25, 0.3) is 0 Å². The highest BCUT2D eigenvalue weighted by Gasteiger charge is 2.40. The molecule has 0 fully saturated rings. The molecule has 0 unspecified atom stereocenters. The van der Waals surface area contributed by atoms with Crippen molar-refractivity contribution < 1.29 is 31.5 Å². The maximum absolute atomic E-state index is 11.7. The quantitative estimate of drug-likeness (QED) is 0.710. The maximum atomic E-state index is 11.7. The third-order valence-electron chi connectivity index (χ3n) is 2.59. The monoisotopic (exact) mass is 302 g/mol. The molecular weight excluding hydrogens is 300 g/mol. The van der Waals surface area contributed by atoms with E-state index in [0.29, 0.717) is 0 Å². The maximum Gasteiger partial charge on any atom is 0.501 e. The van der Waals surface area contributed by atoms with E-state index in [-0.39, 0.29) is 22.6 Å². The number of carbonyl (C=O) groups excluding carboxylic acids is 2. The van der Waals surface area contributed by atoms with Gasteiger partial charge in [0.15, 0.2) is 5.75 Å². The van der Waals surface area contributed by atoms with Crippen LogP contribution < -0.4 is 8.37 Å². The standard InChI is InChI=1S/C10H3ClO7S/c11-6-8(13)5-3(7(12)9(6)14)1-2-4-10(5)18-19(15,16)17-4/h1-2,13H. The van der Waals surface area contributed by atoms with E-state index in [1.165, 1.54) is 0 Å². The first kappa shape index (κ1) is 12.0. The minimum absolute atomic E-state index is 0.197. The van der Waals surface area contributed by atoms with E-state index >= 15 is 0 Å². The highest BCUT2D eigenvalue weighted by molar-refractivity contribution is 7.82. The van der Waals surface area contributed by atoms with Gasteiger partial charge in [-0.1, -0.05) is 11.6 Å². The van der Waals surface area contributed by atoms with Crippen molar-refractivity contribution in [2.75, 3.05) is 0 Å². The topological polar surface area (TPSA) is 107 Å². The molecule has 0 radical (unpaired) electrons. The van der Waals surface area contributed by atoms with Crippen LogP contribution >= 0.6 is 11.6 Å². The van der Waals surface area contributed by atoms with Gasteiger partial charge in [-0.15, -0.1) is 8.42 Å². The Labute approximate surface area is 111 Å². The van der Waals surface area contributed by atoms with Gasteiger partial charge in [-0.2, -0.15) is 0 Å². The lowest BCUT2D eigenvalue weighted by Crippen LogP contribution is -2.22. The van der Waals surface area contributed by atoms with Gasteiger partial charge in [-0.3, -0.25) is 9.59 Å². The van der Waals surface area contributed by atoms with Crippen LogP contribution in [0.1, 0.15) is 15.9 Å². The van der Waals surface area contributed by atoms with Crippen LogP contribution in [0.2, 0.25) is 0 Å². The fraction of sp³-hybridized carbons (Fsp3) is 0. The number of hydrogen-bond donors (Lipinski definition) is 1. The van der Waals surface area contributed by atoms with Gasteiger partial charge >= 0.3 is 10.4 Å². The number of rotatable bonds is 0. The van der Waals surface area contributed by atoms with E-state index in [0.717, 1.165) is 12.1 Å². The zero-order valence-electron chi connectivity index (χ0n) is 8.84. The van der Waals surface area contributed by atoms with Crippen molar-refractivity contribution in [3.05, 3.63) is 28.3 Å². The van der Waals surface area contributed by atoms with Crippen molar-refractivity contribution >= 4 is 39.3 Å². The number of carbonyl (C=O) groups is 2. The fourth-order valence-corrected chi connectivity index (χ4v) is 2.74. The SMILES string of the molecule is O=C1C(=O)c2ccc3c(c2C(O)=C1Cl)OS(=O)(=O)O3. The van der Waals surface area contributed by atoms with Crippen molar-refractivity contribution in [1.29, 1.82) is 0 Å². The molecular formula is C10H3ClO7S. The van der Waals surface area contributed by atoms with Crippen molar-refractivity contribution in [1.82, 2.24) is 0 Å². The fourth-order valence-electron chi connectivity index (χ4n) is 1.80. The van der Waals surface area contributed by atoms with E-state index in [4.69, 9.17) is 11.6 Å². The summed E-state index contributed by atoms with van der Waals surface area (Å²) in [5, 5.41) is 9.10. The molecule has 0 amide bonds. The summed E-state index contributed by atoms with van der Waals surface area (Å²) in [5.74, 6) is -3.33. The molecule has 1 aromatic carbocycles. The van der Waals surface area contributed by atoms with Crippen molar-refractivity contribution in [3.8, 4) is 11.5 Å². The van der Waals surface area contributed by atoms with E-state index in [9.17, 15) is 23.1 Å². The van der Waals surface area contributed by atoms with Crippen LogP contribution in [0.25, 0.3) is 5.76 Å². The van der Waals surface area contributed by atoms with E-state index in [1.807, 2.05) is 0 Å². The van der Waals surface area contributed by atoms with Crippen LogP contribution in [-0.4, -0.2) is 25.1 Å². The molecule has 98 valence electrons. The molecule has 0 saturated carbocycles. The summed E-state index contributed by atoms with van der Waals surface area (Å²) in [5.41, 5.74) is -0.473. The molecule has 1 heterocycles. The van der Waals surface area contributed by atoms with Gasteiger partial charge in [-0.05, 0) is 12.1 Å². The molecule has 0 bridgehead atoms. The Bertz CT molecular complexity index is 790. The second-order valence-corrected chi connectivity index (χ2v) is 5.24. The van der Waals surface area contributed by atoms with Crippen LogP contribution in [0, 0.1) is 0 Å². The summed E-state index contributed by atoms with van der Waals surface area (Å²) in [4.78, 5) is 23.1. The number of benzene rings is 1. The van der Waals surface area contributed by atoms with Gasteiger partial charge in [0, 0.05) is 5.56 Å². The molecule has 2 aliphatic rings. The number of aliphatic hydroxyl groups is 1. The molecule has 0 saturated heterocycles. The van der Waals surface area contributed by atoms with E-state index in [2.05, 4.69) is 8.37 Å². The predicted octanol–water partition coefficient (Wildman–Crippen LogP) is 0.933. The van der Waals surface area contributed by atoms with Crippen molar-refractivity contribution in [3.63, 3.8) is 0 Å². The average Bonchev–Trinajstić information content (AvgIpc) is 2.66. The number of allylic oxidation sites excluding steroid dienone is 1. The van der Waals surface area contributed by atoms with Gasteiger partial charge in [-0.25, -0.2) is 0 Å². The second-order valence-electron chi connectivity index (χ2n) is 3.71. The van der Waals surface area contributed by atoms with Crippen molar-refractivity contribution in [2.45, 2.75) is 0 Å². The summed E-state index contributed by atoms with van der Waals surface area (Å²) in [6.07, 6.45) is 0. The molecule has 1 N–H and O–H groups in total. The third-order valence-corrected chi connectivity index (χ3v) is 3.70. The number of hydrogen-bond acceptors (Lipinski definition) is 7. The lowest BCUT2D eigenvalue weighted by atomic mass is 9.92. The molecule has 9 heteroatoms. The lowest BCUT2D eigenvalue weighted by Gasteiger charge is -2.15. The zero-order valence-corrected chi connectivity index (χ0v) is 10.4. The molecule has 7 nitrogen and oxygen atoms in total. The van der Waals surface area contributed by atoms with Crippen molar-refractivity contribution in [2.24, 2.45) is 0 Å². The first-order chi connectivity index (χ1) is 8.82. The zero-order chi connectivity index (χ0) is 13.9. The highest BCUT2D eigenvalue weighted by Crippen LogP contribution is 2.45. The number of aliphatic hydroxyl groups excluding tert-OH is 1. The molecule has 1 aliphatic heterocycles. The Hall–Kier alpha value is -2.06. The number of halogens is 1. The van der Waals surface area contributed by atoms with Crippen LogP contribution in [0.5, 0.6) is 11.5 Å². The average molecular weight is 303 g/mol. The Morgan fingerprint density at radius 1 is 1.11 bits per heavy atom. The minimum atomic E-state index is -4.28. The van der Waals surface area contributed by atoms with Crippen LogP contribution in [0.4, 0.5) is 0 Å². The first-order valence-electron chi connectivity index (χ1n) is 4.81. The van der Waals surface area contributed by atoms with Crippen LogP contribution in [0.15, 0.2) is 17.2 Å². The Morgan fingerprint density at radius 3 is 2.47 bits per heavy atom. The summed E-state index contributed by atoms with van der Waals surface area (Å²) in [6, 6.07) is 2.30. The number of Topliss-reactive ketones (excluding diaryl/α,β-unsaturated/α-hetero) is 2. The summed E-state index contributed by atoms with van der Waals surface area (Å²) < 4.78 is 31.4. The molecule has 0 spiro atoms. The van der Waals surface area contributed by atoms with E-state index in [1.54, 1.807) is 0 Å². The molecule has 1 aromatic rings. The van der Waals surface area contributed by atoms with Gasteiger partial charge in [0.2, 0.25) is 17.3 Å². The highest BCUT2D eigenvalue weighted by atomic mass is 35.5. The summed E-state index contributed by atoms with van der Waals surface area (Å²) >= 11 is 5.53. The van der Waals surface area contributed by atoms with Gasteiger partial charge < -0.3 is 13.5 Å². The molecule has 0 aromatic heterocycles. The molecule has 1 aliphatic carbocycles. The summed E-state index contributed by atoms with van der Waals surface area (Å²) in [6.45, 7) is 0.